The number of benzene rings is 1. The van der Waals surface area contributed by atoms with Gasteiger partial charge in [0, 0.05) is 32.0 Å². The third-order valence-corrected chi connectivity index (χ3v) is 4.41. The average Bonchev–Trinajstić information content (AvgIpc) is 2.53. The van der Waals surface area contributed by atoms with Gasteiger partial charge in [-0.15, -0.1) is 0 Å². The van der Waals surface area contributed by atoms with Gasteiger partial charge in [-0.3, -0.25) is 9.59 Å². The van der Waals surface area contributed by atoms with Crippen LogP contribution >= 0.6 is 0 Å². The molecule has 0 aliphatic carbocycles. The average molecular weight is 332 g/mol. The van der Waals surface area contributed by atoms with Crippen molar-refractivity contribution in [2.24, 2.45) is 5.92 Å². The van der Waals surface area contributed by atoms with Crippen molar-refractivity contribution in [3.8, 4) is 0 Å². The van der Waals surface area contributed by atoms with E-state index in [4.69, 9.17) is 5.11 Å². The van der Waals surface area contributed by atoms with Gasteiger partial charge < -0.3 is 15.3 Å². The van der Waals surface area contributed by atoms with E-state index in [1.54, 1.807) is 4.90 Å². The summed E-state index contributed by atoms with van der Waals surface area (Å²) in [5.74, 6) is 0.142. The van der Waals surface area contributed by atoms with Crippen molar-refractivity contribution in [2.75, 3.05) is 6.61 Å². The van der Waals surface area contributed by atoms with Crippen molar-refractivity contribution < 1.29 is 14.7 Å². The Morgan fingerprint density at radius 1 is 1.25 bits per heavy atom. The predicted octanol–water partition coefficient (Wildman–Crippen LogP) is 1.87. The molecule has 0 spiro atoms. The number of carbonyl (C=O) groups is 2. The van der Waals surface area contributed by atoms with Crippen molar-refractivity contribution in [1.29, 1.82) is 0 Å². The molecule has 0 fully saturated rings. The van der Waals surface area contributed by atoms with Crippen LogP contribution in [0.3, 0.4) is 0 Å². The maximum Gasteiger partial charge on any atom is 0.243 e. The molecule has 1 aliphatic heterocycles. The fourth-order valence-electron chi connectivity index (χ4n) is 3.09. The number of hydrogen-bond acceptors (Lipinski definition) is 3. The highest BCUT2D eigenvalue weighted by molar-refractivity contribution is 5.88. The van der Waals surface area contributed by atoms with E-state index in [2.05, 4.69) is 5.32 Å². The summed E-state index contributed by atoms with van der Waals surface area (Å²) in [6, 6.07) is 7.39. The topological polar surface area (TPSA) is 69.6 Å². The molecular formula is C19H28N2O3. The number of hydrogen-bond donors (Lipinski definition) is 2. The van der Waals surface area contributed by atoms with Crippen LogP contribution in [0.2, 0.25) is 0 Å². The van der Waals surface area contributed by atoms with Crippen LogP contribution in [0, 0.1) is 5.92 Å². The van der Waals surface area contributed by atoms with Gasteiger partial charge in [0.15, 0.2) is 0 Å². The highest BCUT2D eigenvalue weighted by atomic mass is 16.3. The van der Waals surface area contributed by atoms with Crippen LogP contribution in [0.5, 0.6) is 0 Å². The monoisotopic (exact) mass is 332 g/mol. The van der Waals surface area contributed by atoms with Crippen LogP contribution in [0.4, 0.5) is 0 Å². The summed E-state index contributed by atoms with van der Waals surface area (Å²) < 4.78 is 0. The van der Waals surface area contributed by atoms with E-state index in [1.807, 2.05) is 45.0 Å². The summed E-state index contributed by atoms with van der Waals surface area (Å²) in [4.78, 5) is 27.1. The lowest BCUT2D eigenvalue weighted by atomic mass is 9.92. The van der Waals surface area contributed by atoms with Crippen LogP contribution < -0.4 is 5.32 Å². The van der Waals surface area contributed by atoms with Crippen molar-refractivity contribution in [3.63, 3.8) is 0 Å². The Morgan fingerprint density at radius 3 is 2.54 bits per heavy atom. The molecule has 0 bridgehead atoms. The second-order valence-electron chi connectivity index (χ2n) is 7.03. The van der Waals surface area contributed by atoms with Crippen LogP contribution in [0.1, 0.15) is 44.7 Å². The molecule has 132 valence electrons. The number of aliphatic hydroxyl groups excluding tert-OH is 1. The van der Waals surface area contributed by atoms with Gasteiger partial charge in [0.25, 0.3) is 0 Å². The normalized spacial score (nSPS) is 18.2. The molecule has 2 atom stereocenters. The lowest BCUT2D eigenvalue weighted by molar-refractivity contribution is -0.142. The lowest BCUT2D eigenvalue weighted by Gasteiger charge is -2.37. The first kappa shape index (κ1) is 18.5. The molecule has 0 aromatic heterocycles. The number of rotatable bonds is 6. The highest BCUT2D eigenvalue weighted by Crippen LogP contribution is 2.25. The molecular weight excluding hydrogens is 304 g/mol. The zero-order valence-corrected chi connectivity index (χ0v) is 14.8. The number of amides is 2. The van der Waals surface area contributed by atoms with Crippen LogP contribution in [-0.4, -0.2) is 40.5 Å². The maximum atomic E-state index is 12.7. The molecule has 1 aromatic rings. The number of carbonyl (C=O) groups excluding carboxylic acids is 2. The summed E-state index contributed by atoms with van der Waals surface area (Å²) in [7, 11) is 0. The van der Waals surface area contributed by atoms with Gasteiger partial charge in [0.05, 0.1) is 0 Å². The highest BCUT2D eigenvalue weighted by Gasteiger charge is 2.34. The SMILES string of the molecule is CC(C)CC(=O)N1Cc2ccccc2CC1C(=O)NC(C)CCO. The number of aliphatic hydroxyl groups is 1. The quantitative estimate of drug-likeness (QED) is 0.835. The first-order valence-electron chi connectivity index (χ1n) is 8.69. The third kappa shape index (κ3) is 4.57. The van der Waals surface area contributed by atoms with E-state index in [-0.39, 0.29) is 30.4 Å². The van der Waals surface area contributed by atoms with Crippen molar-refractivity contribution in [2.45, 2.75) is 58.7 Å². The van der Waals surface area contributed by atoms with Crippen LogP contribution in [0.25, 0.3) is 0 Å². The largest absolute Gasteiger partial charge is 0.396 e. The van der Waals surface area contributed by atoms with Gasteiger partial charge in [-0.25, -0.2) is 0 Å². The molecule has 0 saturated heterocycles. The Labute approximate surface area is 144 Å². The van der Waals surface area contributed by atoms with Crippen molar-refractivity contribution in [3.05, 3.63) is 35.4 Å². The van der Waals surface area contributed by atoms with Crippen molar-refractivity contribution >= 4 is 11.8 Å². The van der Waals surface area contributed by atoms with Gasteiger partial charge in [0.1, 0.15) is 6.04 Å². The summed E-state index contributed by atoms with van der Waals surface area (Å²) in [5.41, 5.74) is 2.24. The summed E-state index contributed by atoms with van der Waals surface area (Å²) in [6.45, 7) is 6.40. The van der Waals surface area contributed by atoms with Gasteiger partial charge in [-0.1, -0.05) is 38.1 Å². The Balaban J connectivity index is 2.20. The molecule has 2 amide bonds. The molecule has 2 N–H and O–H groups in total. The first-order valence-corrected chi connectivity index (χ1v) is 8.69. The van der Waals surface area contributed by atoms with Crippen molar-refractivity contribution in [1.82, 2.24) is 10.2 Å². The molecule has 1 heterocycles. The summed E-state index contributed by atoms with van der Waals surface area (Å²) in [6.07, 6.45) is 1.49. The maximum absolute atomic E-state index is 12.7. The minimum absolute atomic E-state index is 0.0227. The first-order chi connectivity index (χ1) is 11.4. The van der Waals surface area contributed by atoms with E-state index in [1.165, 1.54) is 0 Å². The lowest BCUT2D eigenvalue weighted by Crippen LogP contribution is -2.54. The fraction of sp³-hybridized carbons (Fsp3) is 0.579. The fourth-order valence-corrected chi connectivity index (χ4v) is 3.09. The zero-order valence-electron chi connectivity index (χ0n) is 14.8. The summed E-state index contributed by atoms with van der Waals surface area (Å²) >= 11 is 0. The van der Waals surface area contributed by atoms with Gasteiger partial charge in [-0.05, 0) is 30.4 Å². The van der Waals surface area contributed by atoms with E-state index in [9.17, 15) is 9.59 Å². The second kappa shape index (κ2) is 8.29. The molecule has 0 saturated carbocycles. The Morgan fingerprint density at radius 2 is 1.92 bits per heavy atom. The smallest absolute Gasteiger partial charge is 0.243 e. The Bertz CT molecular complexity index is 586. The standard InChI is InChI=1S/C19H28N2O3/c1-13(2)10-18(23)21-12-16-7-5-4-6-15(16)11-17(21)19(24)20-14(3)8-9-22/h4-7,13-14,17,22H,8-12H2,1-3H3,(H,20,24). The molecule has 2 unspecified atom stereocenters. The summed E-state index contributed by atoms with van der Waals surface area (Å²) in [5, 5.41) is 11.9. The Hall–Kier alpha value is -1.88. The zero-order chi connectivity index (χ0) is 17.7. The van der Waals surface area contributed by atoms with Crippen LogP contribution in [0.15, 0.2) is 24.3 Å². The molecule has 2 rings (SSSR count). The molecule has 0 radical (unpaired) electrons. The Kier molecular flexibility index (Phi) is 6.37. The molecule has 1 aromatic carbocycles. The van der Waals surface area contributed by atoms with Gasteiger partial charge in [-0.2, -0.15) is 0 Å². The molecule has 5 nitrogen and oxygen atoms in total. The van der Waals surface area contributed by atoms with E-state index in [0.717, 1.165) is 11.1 Å². The number of fused-ring (bicyclic) bond motifs is 1. The van der Waals surface area contributed by atoms with Crippen LogP contribution in [-0.2, 0) is 22.6 Å². The van der Waals surface area contributed by atoms with Gasteiger partial charge in [0.2, 0.25) is 11.8 Å². The van der Waals surface area contributed by atoms with E-state index >= 15 is 0 Å². The number of nitrogens with zero attached hydrogens (tertiary/aromatic N) is 1. The molecule has 1 aliphatic rings. The minimum Gasteiger partial charge on any atom is -0.396 e. The minimum atomic E-state index is -0.479. The van der Waals surface area contributed by atoms with E-state index < -0.39 is 6.04 Å². The third-order valence-electron chi connectivity index (χ3n) is 4.41. The predicted molar refractivity (Wildman–Crippen MR) is 93.2 cm³/mol. The second-order valence-corrected chi connectivity index (χ2v) is 7.03. The van der Waals surface area contributed by atoms with E-state index in [0.29, 0.717) is 25.8 Å². The molecule has 5 heteroatoms. The number of nitrogens with one attached hydrogen (secondary N) is 1. The van der Waals surface area contributed by atoms with Gasteiger partial charge >= 0.3 is 0 Å². The molecule has 24 heavy (non-hydrogen) atoms.